The maximum Gasteiger partial charge on any atom is 0.251 e. The fraction of sp³-hybridized carbons (Fsp3) is 0.286. The van der Waals surface area contributed by atoms with Crippen LogP contribution in [0, 0.1) is 6.92 Å². The molecular weight excluding hydrogens is 260 g/mol. The first-order valence-corrected chi connectivity index (χ1v) is 6.99. The van der Waals surface area contributed by atoms with Gasteiger partial charge in [0.25, 0.3) is 5.91 Å². The van der Waals surface area contributed by atoms with Gasteiger partial charge in [0, 0.05) is 23.2 Å². The van der Waals surface area contributed by atoms with Gasteiger partial charge in [-0.1, -0.05) is 0 Å². The van der Waals surface area contributed by atoms with Crippen molar-refractivity contribution in [1.82, 2.24) is 10.3 Å². The Kier molecular flexibility index (Phi) is 4.52. The topological polar surface area (TPSA) is 51.2 Å². The molecule has 2 rings (SSSR count). The number of ether oxygens (including phenoxy) is 1. The molecule has 0 fully saturated rings. The van der Waals surface area contributed by atoms with E-state index < -0.39 is 0 Å². The monoisotopic (exact) mass is 276 g/mol. The summed E-state index contributed by atoms with van der Waals surface area (Å²) in [5.41, 5.74) is 1.65. The third-order valence-corrected chi connectivity index (χ3v) is 3.42. The van der Waals surface area contributed by atoms with Gasteiger partial charge in [-0.25, -0.2) is 4.98 Å². The summed E-state index contributed by atoms with van der Waals surface area (Å²) in [7, 11) is 0. The smallest absolute Gasteiger partial charge is 0.251 e. The highest BCUT2D eigenvalue weighted by molar-refractivity contribution is 7.09. The van der Waals surface area contributed by atoms with Gasteiger partial charge in [0.1, 0.15) is 17.4 Å². The SMILES string of the molecule is CCNC(=O)c1ccc(OCc2nc(C)cs2)cc1. The van der Waals surface area contributed by atoms with Crippen LogP contribution in [0.15, 0.2) is 29.6 Å². The zero-order valence-corrected chi connectivity index (χ0v) is 11.8. The van der Waals surface area contributed by atoms with Crippen molar-refractivity contribution in [3.05, 3.63) is 45.9 Å². The Morgan fingerprint density at radius 2 is 2.11 bits per heavy atom. The number of rotatable bonds is 5. The van der Waals surface area contributed by atoms with E-state index in [-0.39, 0.29) is 5.91 Å². The van der Waals surface area contributed by atoms with Crippen molar-refractivity contribution in [3.63, 3.8) is 0 Å². The number of carbonyl (C=O) groups excluding carboxylic acids is 1. The number of thiazole rings is 1. The molecule has 0 aliphatic carbocycles. The van der Waals surface area contributed by atoms with Crippen LogP contribution in [0.1, 0.15) is 28.0 Å². The van der Waals surface area contributed by atoms with Gasteiger partial charge in [-0.05, 0) is 38.1 Å². The minimum Gasteiger partial charge on any atom is -0.486 e. The van der Waals surface area contributed by atoms with Gasteiger partial charge in [-0.15, -0.1) is 11.3 Å². The molecule has 0 atom stereocenters. The van der Waals surface area contributed by atoms with E-state index in [2.05, 4.69) is 10.3 Å². The predicted molar refractivity (Wildman–Crippen MR) is 75.6 cm³/mol. The van der Waals surface area contributed by atoms with E-state index in [1.165, 1.54) is 0 Å². The maximum atomic E-state index is 11.6. The Hall–Kier alpha value is -1.88. The Labute approximate surface area is 116 Å². The summed E-state index contributed by atoms with van der Waals surface area (Å²) in [6.07, 6.45) is 0. The van der Waals surface area contributed by atoms with Crippen molar-refractivity contribution in [2.24, 2.45) is 0 Å². The molecule has 1 N–H and O–H groups in total. The maximum absolute atomic E-state index is 11.6. The Balaban J connectivity index is 1.93. The van der Waals surface area contributed by atoms with Crippen LogP contribution in [0.4, 0.5) is 0 Å². The van der Waals surface area contributed by atoms with Crippen molar-refractivity contribution in [2.45, 2.75) is 20.5 Å². The molecule has 0 radical (unpaired) electrons. The van der Waals surface area contributed by atoms with Crippen LogP contribution in [0.5, 0.6) is 5.75 Å². The van der Waals surface area contributed by atoms with Gasteiger partial charge in [0.15, 0.2) is 0 Å². The lowest BCUT2D eigenvalue weighted by molar-refractivity contribution is 0.0956. The second kappa shape index (κ2) is 6.33. The summed E-state index contributed by atoms with van der Waals surface area (Å²) in [5.74, 6) is 0.672. The summed E-state index contributed by atoms with van der Waals surface area (Å²) in [6.45, 7) is 4.94. The van der Waals surface area contributed by atoms with E-state index in [9.17, 15) is 4.79 Å². The van der Waals surface area contributed by atoms with Gasteiger partial charge in [0.2, 0.25) is 0 Å². The van der Waals surface area contributed by atoms with Gasteiger partial charge in [0.05, 0.1) is 0 Å². The Morgan fingerprint density at radius 1 is 1.37 bits per heavy atom. The number of nitrogens with zero attached hydrogens (tertiary/aromatic N) is 1. The molecule has 4 nitrogen and oxygen atoms in total. The van der Waals surface area contributed by atoms with Crippen molar-refractivity contribution >= 4 is 17.2 Å². The molecule has 0 saturated carbocycles. The lowest BCUT2D eigenvalue weighted by Crippen LogP contribution is -2.22. The summed E-state index contributed by atoms with van der Waals surface area (Å²) < 4.78 is 5.62. The molecule has 0 aliphatic heterocycles. The molecule has 5 heteroatoms. The lowest BCUT2D eigenvalue weighted by Gasteiger charge is -2.05. The van der Waals surface area contributed by atoms with Gasteiger partial charge < -0.3 is 10.1 Å². The van der Waals surface area contributed by atoms with E-state index in [0.29, 0.717) is 18.7 Å². The third-order valence-electron chi connectivity index (χ3n) is 2.48. The number of hydrogen-bond donors (Lipinski definition) is 1. The number of nitrogens with one attached hydrogen (secondary N) is 1. The van der Waals surface area contributed by atoms with E-state index in [1.54, 1.807) is 35.6 Å². The quantitative estimate of drug-likeness (QED) is 0.913. The number of amides is 1. The minimum absolute atomic E-state index is 0.0652. The second-order valence-electron chi connectivity index (χ2n) is 4.06. The van der Waals surface area contributed by atoms with Crippen molar-refractivity contribution in [1.29, 1.82) is 0 Å². The fourth-order valence-electron chi connectivity index (χ4n) is 1.58. The number of aromatic nitrogens is 1. The van der Waals surface area contributed by atoms with E-state index in [4.69, 9.17) is 4.74 Å². The predicted octanol–water partition coefficient (Wildman–Crippen LogP) is 2.78. The zero-order valence-electron chi connectivity index (χ0n) is 11.0. The first kappa shape index (κ1) is 13.5. The largest absolute Gasteiger partial charge is 0.486 e. The molecule has 19 heavy (non-hydrogen) atoms. The number of aryl methyl sites for hydroxylation is 1. The molecule has 1 aromatic carbocycles. The van der Waals surface area contributed by atoms with Crippen LogP contribution >= 0.6 is 11.3 Å². The average Bonchev–Trinajstić information content (AvgIpc) is 2.83. The van der Waals surface area contributed by atoms with Crippen LogP contribution in [0.3, 0.4) is 0 Å². The van der Waals surface area contributed by atoms with E-state index >= 15 is 0 Å². The average molecular weight is 276 g/mol. The highest BCUT2D eigenvalue weighted by Crippen LogP contribution is 2.16. The Morgan fingerprint density at radius 3 is 2.68 bits per heavy atom. The number of carbonyl (C=O) groups is 1. The molecule has 2 aromatic rings. The molecule has 100 valence electrons. The van der Waals surface area contributed by atoms with Crippen molar-refractivity contribution in [2.75, 3.05) is 6.54 Å². The first-order chi connectivity index (χ1) is 9.19. The molecule has 1 heterocycles. The van der Waals surface area contributed by atoms with Crippen LogP contribution in [-0.2, 0) is 6.61 Å². The number of benzene rings is 1. The summed E-state index contributed by atoms with van der Waals surface area (Å²) in [5, 5.41) is 5.70. The molecular formula is C14H16N2O2S. The van der Waals surface area contributed by atoms with Crippen molar-refractivity contribution < 1.29 is 9.53 Å². The van der Waals surface area contributed by atoms with Gasteiger partial charge in [-0.2, -0.15) is 0 Å². The molecule has 1 amide bonds. The van der Waals surface area contributed by atoms with E-state index in [0.717, 1.165) is 16.5 Å². The Bertz CT molecular complexity index is 549. The highest BCUT2D eigenvalue weighted by atomic mass is 32.1. The fourth-order valence-corrected chi connectivity index (χ4v) is 2.26. The molecule has 1 aromatic heterocycles. The number of hydrogen-bond acceptors (Lipinski definition) is 4. The highest BCUT2D eigenvalue weighted by Gasteiger charge is 2.04. The second-order valence-corrected chi connectivity index (χ2v) is 5.00. The van der Waals surface area contributed by atoms with Crippen molar-refractivity contribution in [3.8, 4) is 5.75 Å². The molecule has 0 spiro atoms. The third kappa shape index (κ3) is 3.79. The standard InChI is InChI=1S/C14H16N2O2S/c1-3-15-14(17)11-4-6-12(7-5-11)18-8-13-16-10(2)9-19-13/h4-7,9H,3,8H2,1-2H3,(H,15,17). The van der Waals surface area contributed by atoms with Crippen LogP contribution < -0.4 is 10.1 Å². The summed E-state index contributed by atoms with van der Waals surface area (Å²) >= 11 is 1.58. The normalized spacial score (nSPS) is 10.2. The van der Waals surface area contributed by atoms with Gasteiger partial charge in [-0.3, -0.25) is 4.79 Å². The molecule has 0 unspecified atom stereocenters. The summed E-state index contributed by atoms with van der Waals surface area (Å²) in [6, 6.07) is 7.11. The zero-order chi connectivity index (χ0) is 13.7. The molecule has 0 aliphatic rings. The lowest BCUT2D eigenvalue weighted by atomic mass is 10.2. The molecule has 0 bridgehead atoms. The van der Waals surface area contributed by atoms with Crippen LogP contribution in [0.25, 0.3) is 0 Å². The van der Waals surface area contributed by atoms with E-state index in [1.807, 2.05) is 19.2 Å². The minimum atomic E-state index is -0.0652. The summed E-state index contributed by atoms with van der Waals surface area (Å²) in [4.78, 5) is 15.9. The molecule has 0 saturated heterocycles. The van der Waals surface area contributed by atoms with Crippen LogP contribution in [-0.4, -0.2) is 17.4 Å². The first-order valence-electron chi connectivity index (χ1n) is 6.11. The van der Waals surface area contributed by atoms with Gasteiger partial charge >= 0.3 is 0 Å². The van der Waals surface area contributed by atoms with Crippen LogP contribution in [0.2, 0.25) is 0 Å².